The highest BCUT2D eigenvalue weighted by molar-refractivity contribution is 7.12. The number of aromatic nitrogens is 2. The third-order valence-corrected chi connectivity index (χ3v) is 5.54. The third kappa shape index (κ3) is 3.10. The van der Waals surface area contributed by atoms with Gasteiger partial charge in [-0.25, -0.2) is 4.57 Å². The van der Waals surface area contributed by atoms with Crippen LogP contribution in [-0.4, -0.2) is 4.57 Å². The second-order valence-corrected chi connectivity index (χ2v) is 6.89. The van der Waals surface area contributed by atoms with Crippen molar-refractivity contribution in [3.05, 3.63) is 65.7 Å². The molecule has 0 unspecified atom stereocenters. The van der Waals surface area contributed by atoms with Crippen LogP contribution in [-0.2, 0) is 14.1 Å². The first-order valence-electron chi connectivity index (χ1n) is 8.15. The summed E-state index contributed by atoms with van der Waals surface area (Å²) >= 11 is 1.61. The maximum Gasteiger partial charge on any atom is 0.408 e. The fraction of sp³-hybridized carbons (Fsp3) is 0.150. The largest absolute Gasteiger partial charge is 1.00 e. The van der Waals surface area contributed by atoms with Crippen molar-refractivity contribution in [2.75, 3.05) is 0 Å². The number of thiazole rings is 1. The van der Waals surface area contributed by atoms with Crippen LogP contribution in [0.1, 0.15) is 5.69 Å². The van der Waals surface area contributed by atoms with E-state index in [9.17, 15) is 0 Å². The van der Waals surface area contributed by atoms with E-state index in [2.05, 4.69) is 81.2 Å². The van der Waals surface area contributed by atoms with Gasteiger partial charge in [-0.05, 0) is 29.4 Å². The molecule has 4 nitrogen and oxygen atoms in total. The number of halogens is 1. The minimum atomic E-state index is 0. The molecule has 4 aromatic rings. The summed E-state index contributed by atoms with van der Waals surface area (Å²) in [6.45, 7) is 2.07. The Labute approximate surface area is 167 Å². The minimum absolute atomic E-state index is 0. The minimum Gasteiger partial charge on any atom is -1.00 e. The SMILES string of the molecule is Cc1csc(N=Nc2c(-c3ccccc3)n(C)c3ccccc23)[n+]1C.[Br-]. The van der Waals surface area contributed by atoms with E-state index in [-0.39, 0.29) is 17.0 Å². The summed E-state index contributed by atoms with van der Waals surface area (Å²) in [5.74, 6) is 0. The van der Waals surface area contributed by atoms with Gasteiger partial charge >= 0.3 is 5.13 Å². The summed E-state index contributed by atoms with van der Waals surface area (Å²) in [4.78, 5) is 0. The molecule has 0 radical (unpaired) electrons. The van der Waals surface area contributed by atoms with Gasteiger partial charge < -0.3 is 21.5 Å². The van der Waals surface area contributed by atoms with Gasteiger partial charge in [0.1, 0.15) is 11.4 Å². The van der Waals surface area contributed by atoms with Crippen LogP contribution >= 0.6 is 11.3 Å². The van der Waals surface area contributed by atoms with Crippen molar-refractivity contribution in [1.82, 2.24) is 4.57 Å². The molecule has 2 aromatic heterocycles. The van der Waals surface area contributed by atoms with E-state index in [0.717, 1.165) is 33.0 Å². The Kier molecular flexibility index (Phi) is 5.34. The lowest BCUT2D eigenvalue weighted by atomic mass is 10.1. The Balaban J connectivity index is 0.00000196. The lowest BCUT2D eigenvalue weighted by molar-refractivity contribution is -0.660. The van der Waals surface area contributed by atoms with Crippen LogP contribution in [0.5, 0.6) is 0 Å². The van der Waals surface area contributed by atoms with Gasteiger partial charge in [0, 0.05) is 23.4 Å². The Bertz CT molecular complexity index is 1080. The molecule has 132 valence electrons. The van der Waals surface area contributed by atoms with Crippen molar-refractivity contribution in [3.8, 4) is 11.3 Å². The molecule has 0 amide bonds. The Morgan fingerprint density at radius 3 is 2.35 bits per heavy atom. The maximum atomic E-state index is 4.67. The predicted molar refractivity (Wildman–Crippen MR) is 103 cm³/mol. The van der Waals surface area contributed by atoms with Gasteiger partial charge in [-0.15, -0.1) is 0 Å². The molecule has 0 aliphatic heterocycles. The molecule has 0 aliphatic rings. The molecule has 0 fully saturated rings. The number of hydrogen-bond acceptors (Lipinski definition) is 3. The molecule has 26 heavy (non-hydrogen) atoms. The van der Waals surface area contributed by atoms with Crippen LogP contribution in [0.4, 0.5) is 10.8 Å². The molecule has 4 rings (SSSR count). The second kappa shape index (κ2) is 7.51. The van der Waals surface area contributed by atoms with Gasteiger partial charge in [0.05, 0.1) is 23.4 Å². The van der Waals surface area contributed by atoms with E-state index in [1.54, 1.807) is 11.3 Å². The monoisotopic (exact) mass is 426 g/mol. The molecule has 0 bridgehead atoms. The van der Waals surface area contributed by atoms with Crippen LogP contribution in [0.25, 0.3) is 22.2 Å². The molecular formula is C20H19BrN4S. The number of rotatable bonds is 3. The van der Waals surface area contributed by atoms with E-state index >= 15 is 0 Å². The Hall–Kier alpha value is -2.31. The molecule has 2 aromatic carbocycles. The number of fused-ring (bicyclic) bond motifs is 1. The number of hydrogen-bond donors (Lipinski definition) is 0. The average Bonchev–Trinajstić information content (AvgIpc) is 3.12. The van der Waals surface area contributed by atoms with Crippen molar-refractivity contribution in [1.29, 1.82) is 0 Å². The highest BCUT2D eigenvalue weighted by Gasteiger charge is 2.19. The molecule has 0 saturated carbocycles. The first kappa shape index (κ1) is 18.5. The van der Waals surface area contributed by atoms with Crippen molar-refractivity contribution in [3.63, 3.8) is 0 Å². The third-order valence-electron chi connectivity index (χ3n) is 4.51. The lowest BCUT2D eigenvalue weighted by Gasteiger charge is -2.04. The highest BCUT2D eigenvalue weighted by Crippen LogP contribution is 2.40. The van der Waals surface area contributed by atoms with Crippen molar-refractivity contribution >= 4 is 33.1 Å². The quantitative estimate of drug-likeness (QED) is 0.356. The molecule has 0 saturated heterocycles. The van der Waals surface area contributed by atoms with Gasteiger partial charge in [-0.1, -0.05) is 48.5 Å². The average molecular weight is 427 g/mol. The topological polar surface area (TPSA) is 33.5 Å². The standard InChI is InChI=1S/C20H19N4S.BrH/c1-14-13-25-20(23(14)2)22-21-18-16-11-7-8-12-17(16)24(3)19(18)15-9-5-4-6-10-15;/h4-13H,1-3H3;1H/q+1;/p-1. The van der Waals surface area contributed by atoms with E-state index in [1.807, 2.05) is 19.2 Å². The first-order valence-corrected chi connectivity index (χ1v) is 9.03. The Morgan fingerprint density at radius 1 is 0.962 bits per heavy atom. The first-order chi connectivity index (χ1) is 12.2. The fourth-order valence-electron chi connectivity index (χ4n) is 3.03. The maximum absolute atomic E-state index is 4.67. The van der Waals surface area contributed by atoms with Gasteiger partial charge in [0.2, 0.25) is 0 Å². The van der Waals surface area contributed by atoms with Gasteiger partial charge in [-0.3, -0.25) is 0 Å². The summed E-state index contributed by atoms with van der Waals surface area (Å²) in [7, 11) is 4.10. The summed E-state index contributed by atoms with van der Waals surface area (Å²) in [6.07, 6.45) is 0. The van der Waals surface area contributed by atoms with Gasteiger partial charge in [-0.2, -0.15) is 0 Å². The smallest absolute Gasteiger partial charge is 0.408 e. The van der Waals surface area contributed by atoms with Crippen molar-refractivity contribution in [2.24, 2.45) is 24.3 Å². The van der Waals surface area contributed by atoms with E-state index in [1.165, 1.54) is 5.69 Å². The van der Waals surface area contributed by atoms with Crippen LogP contribution in [0.2, 0.25) is 0 Å². The Morgan fingerprint density at radius 2 is 1.65 bits per heavy atom. The van der Waals surface area contributed by atoms with Crippen molar-refractivity contribution in [2.45, 2.75) is 6.92 Å². The number of benzene rings is 2. The lowest BCUT2D eigenvalue weighted by Crippen LogP contribution is -3.00. The van der Waals surface area contributed by atoms with Crippen LogP contribution in [0.15, 0.2) is 70.2 Å². The fourth-order valence-corrected chi connectivity index (χ4v) is 3.86. The number of nitrogens with zero attached hydrogens (tertiary/aromatic N) is 4. The molecule has 6 heteroatoms. The molecule has 0 aliphatic carbocycles. The van der Waals surface area contributed by atoms with E-state index < -0.39 is 0 Å². The molecule has 0 atom stereocenters. The van der Waals surface area contributed by atoms with Gasteiger partial charge in [0.25, 0.3) is 0 Å². The van der Waals surface area contributed by atoms with Gasteiger partial charge in [0.15, 0.2) is 0 Å². The van der Waals surface area contributed by atoms with Crippen molar-refractivity contribution < 1.29 is 21.5 Å². The zero-order valence-corrected chi connectivity index (χ0v) is 17.3. The van der Waals surface area contributed by atoms with E-state index in [0.29, 0.717) is 0 Å². The number of azo groups is 1. The number of aryl methyl sites for hydroxylation is 2. The van der Waals surface area contributed by atoms with Crippen LogP contribution in [0, 0.1) is 6.92 Å². The highest BCUT2D eigenvalue weighted by atomic mass is 79.9. The summed E-state index contributed by atoms with van der Waals surface area (Å²) in [5, 5.41) is 13.3. The summed E-state index contributed by atoms with van der Waals surface area (Å²) in [5.41, 5.74) is 5.47. The molecule has 0 spiro atoms. The zero-order valence-electron chi connectivity index (χ0n) is 14.8. The van der Waals surface area contributed by atoms with Crippen LogP contribution in [0.3, 0.4) is 0 Å². The normalized spacial score (nSPS) is 11.2. The summed E-state index contributed by atoms with van der Waals surface area (Å²) < 4.78 is 4.25. The molecular weight excluding hydrogens is 408 g/mol. The molecule has 0 N–H and O–H groups in total. The second-order valence-electron chi connectivity index (χ2n) is 6.06. The predicted octanol–water partition coefficient (Wildman–Crippen LogP) is 2.46. The zero-order chi connectivity index (χ0) is 17.4. The molecule has 2 heterocycles. The van der Waals surface area contributed by atoms with E-state index in [4.69, 9.17) is 0 Å². The van der Waals surface area contributed by atoms with Crippen LogP contribution < -0.4 is 21.5 Å². The number of para-hydroxylation sites is 1. The summed E-state index contributed by atoms with van der Waals surface area (Å²) in [6, 6.07) is 18.7.